The van der Waals surface area contributed by atoms with Gasteiger partial charge in [0, 0.05) is 25.9 Å². The quantitative estimate of drug-likeness (QED) is 0.432. The highest BCUT2D eigenvalue weighted by Crippen LogP contribution is 2.08. The van der Waals surface area contributed by atoms with Crippen molar-refractivity contribution in [1.29, 1.82) is 0 Å². The molecule has 0 rings (SSSR count). The van der Waals surface area contributed by atoms with E-state index < -0.39 is 5.97 Å². The Bertz CT molecular complexity index is 297. The number of hydrogen-bond donors (Lipinski definition) is 3. The highest BCUT2D eigenvalue weighted by atomic mass is 16.4. The summed E-state index contributed by atoms with van der Waals surface area (Å²) in [6, 6.07) is -0.197. The number of carbonyl (C=O) groups excluding carboxylic acids is 1. The lowest BCUT2D eigenvalue weighted by atomic mass is 10.0. The van der Waals surface area contributed by atoms with Crippen LogP contribution in [0.1, 0.15) is 39.0 Å². The van der Waals surface area contributed by atoms with Gasteiger partial charge in [-0.1, -0.05) is 6.92 Å². The number of aliphatic carboxylic acids is 1. The Morgan fingerprint density at radius 2 is 1.94 bits per heavy atom. The number of hydrogen-bond acceptors (Lipinski definition) is 2. The molecule has 3 N–H and O–H groups in total. The molecule has 1 atom stereocenters. The van der Waals surface area contributed by atoms with E-state index in [1.54, 1.807) is 0 Å². The zero-order valence-electron chi connectivity index (χ0n) is 10.9. The number of amides is 2. The van der Waals surface area contributed by atoms with Crippen LogP contribution in [0, 0.1) is 18.3 Å². The van der Waals surface area contributed by atoms with Crippen molar-refractivity contribution in [3.8, 4) is 12.3 Å². The van der Waals surface area contributed by atoms with Crippen LogP contribution in [0.4, 0.5) is 4.79 Å². The standard InChI is InChI=1S/C13H22N2O3/c1-3-4-5-9-14-13(18)15-10-8-11(2)6-7-12(16)17/h1,11H,4-10H2,2H3,(H,16,17)(H2,14,15,18). The number of rotatable bonds is 9. The fraction of sp³-hybridized carbons (Fsp3) is 0.692. The van der Waals surface area contributed by atoms with Crippen LogP contribution in [0.2, 0.25) is 0 Å². The van der Waals surface area contributed by atoms with E-state index in [0.29, 0.717) is 31.8 Å². The molecule has 0 bridgehead atoms. The van der Waals surface area contributed by atoms with E-state index in [2.05, 4.69) is 16.6 Å². The third kappa shape index (κ3) is 10.8. The van der Waals surface area contributed by atoms with Gasteiger partial charge < -0.3 is 15.7 Å². The molecule has 0 spiro atoms. The maximum atomic E-state index is 11.3. The molecule has 0 heterocycles. The largest absolute Gasteiger partial charge is 0.481 e. The predicted octanol–water partition coefficient (Wildman–Crippen LogP) is 1.59. The number of carbonyl (C=O) groups is 2. The van der Waals surface area contributed by atoms with E-state index in [4.69, 9.17) is 11.5 Å². The summed E-state index contributed by atoms with van der Waals surface area (Å²) in [4.78, 5) is 21.6. The van der Waals surface area contributed by atoms with Crippen LogP contribution in [0.3, 0.4) is 0 Å². The van der Waals surface area contributed by atoms with Gasteiger partial charge in [-0.2, -0.15) is 0 Å². The number of carboxylic acids is 1. The Kier molecular flexibility index (Phi) is 9.47. The molecule has 102 valence electrons. The van der Waals surface area contributed by atoms with Gasteiger partial charge in [-0.3, -0.25) is 4.79 Å². The first-order valence-corrected chi connectivity index (χ1v) is 6.23. The summed E-state index contributed by atoms with van der Waals surface area (Å²) in [5.74, 6) is 2.02. The average molecular weight is 254 g/mol. The van der Waals surface area contributed by atoms with Gasteiger partial charge in [-0.25, -0.2) is 4.79 Å². The molecule has 0 aliphatic carbocycles. The Balaban J connectivity index is 3.44. The molecule has 5 nitrogen and oxygen atoms in total. The zero-order valence-corrected chi connectivity index (χ0v) is 10.9. The predicted molar refractivity (Wildman–Crippen MR) is 70.1 cm³/mol. The SMILES string of the molecule is C#CCCCNC(=O)NCCC(C)CCC(=O)O. The van der Waals surface area contributed by atoms with E-state index in [-0.39, 0.29) is 12.5 Å². The van der Waals surface area contributed by atoms with Crippen molar-refractivity contribution in [2.75, 3.05) is 13.1 Å². The molecule has 0 aliphatic heterocycles. The molecule has 0 fully saturated rings. The molecule has 0 saturated carbocycles. The first-order chi connectivity index (χ1) is 8.56. The highest BCUT2D eigenvalue weighted by Gasteiger charge is 2.06. The van der Waals surface area contributed by atoms with Crippen molar-refractivity contribution in [2.24, 2.45) is 5.92 Å². The number of urea groups is 1. The van der Waals surface area contributed by atoms with Crippen molar-refractivity contribution < 1.29 is 14.7 Å². The van der Waals surface area contributed by atoms with Crippen LogP contribution in [0.25, 0.3) is 0 Å². The summed E-state index contributed by atoms with van der Waals surface area (Å²) in [6.07, 6.45) is 8.13. The average Bonchev–Trinajstić information content (AvgIpc) is 2.32. The normalized spacial score (nSPS) is 11.3. The van der Waals surface area contributed by atoms with Crippen LogP contribution in [0.5, 0.6) is 0 Å². The Labute approximate surface area is 108 Å². The third-order valence-electron chi connectivity index (χ3n) is 2.56. The minimum Gasteiger partial charge on any atom is -0.481 e. The van der Waals surface area contributed by atoms with Crippen molar-refractivity contribution in [3.63, 3.8) is 0 Å². The van der Waals surface area contributed by atoms with Gasteiger partial charge in [-0.15, -0.1) is 12.3 Å². The first-order valence-electron chi connectivity index (χ1n) is 6.23. The molecule has 0 saturated heterocycles. The number of carboxylic acid groups (broad SMARTS) is 1. The number of terminal acetylenes is 1. The summed E-state index contributed by atoms with van der Waals surface area (Å²) in [7, 11) is 0. The maximum absolute atomic E-state index is 11.3. The zero-order chi connectivity index (χ0) is 13.8. The van der Waals surface area contributed by atoms with Crippen LogP contribution in [-0.2, 0) is 4.79 Å². The van der Waals surface area contributed by atoms with Crippen molar-refractivity contribution >= 4 is 12.0 Å². The highest BCUT2D eigenvalue weighted by molar-refractivity contribution is 5.73. The molecule has 0 aromatic carbocycles. The summed E-state index contributed by atoms with van der Waals surface area (Å²) in [5.41, 5.74) is 0. The Morgan fingerprint density at radius 3 is 2.56 bits per heavy atom. The molecule has 0 aliphatic rings. The fourth-order valence-corrected chi connectivity index (χ4v) is 1.40. The summed E-state index contributed by atoms with van der Waals surface area (Å²) in [6.45, 7) is 3.11. The minimum absolute atomic E-state index is 0.180. The molecule has 1 unspecified atom stereocenters. The molecular weight excluding hydrogens is 232 g/mol. The molecular formula is C13H22N2O3. The number of unbranched alkanes of at least 4 members (excludes halogenated alkanes) is 1. The van der Waals surface area contributed by atoms with Crippen molar-refractivity contribution in [1.82, 2.24) is 10.6 Å². The fourth-order valence-electron chi connectivity index (χ4n) is 1.40. The molecule has 0 aromatic heterocycles. The maximum Gasteiger partial charge on any atom is 0.314 e. The van der Waals surface area contributed by atoms with Crippen LogP contribution in [-0.4, -0.2) is 30.2 Å². The second-order valence-electron chi connectivity index (χ2n) is 4.32. The summed E-state index contributed by atoms with van der Waals surface area (Å²) >= 11 is 0. The molecule has 5 heteroatoms. The molecule has 18 heavy (non-hydrogen) atoms. The van der Waals surface area contributed by atoms with Crippen molar-refractivity contribution in [3.05, 3.63) is 0 Å². The lowest BCUT2D eigenvalue weighted by Gasteiger charge is -2.11. The lowest BCUT2D eigenvalue weighted by molar-refractivity contribution is -0.137. The molecule has 0 radical (unpaired) electrons. The number of nitrogens with one attached hydrogen (secondary N) is 2. The first kappa shape index (κ1) is 16.3. The minimum atomic E-state index is -0.777. The van der Waals surface area contributed by atoms with E-state index >= 15 is 0 Å². The van der Waals surface area contributed by atoms with E-state index in [1.807, 2.05) is 6.92 Å². The van der Waals surface area contributed by atoms with Gasteiger partial charge in [0.1, 0.15) is 0 Å². The Morgan fingerprint density at radius 1 is 1.28 bits per heavy atom. The van der Waals surface area contributed by atoms with Gasteiger partial charge in [0.05, 0.1) is 0 Å². The second kappa shape index (κ2) is 10.5. The Hall–Kier alpha value is -1.70. The van der Waals surface area contributed by atoms with E-state index in [9.17, 15) is 9.59 Å². The van der Waals surface area contributed by atoms with E-state index in [0.717, 1.165) is 12.8 Å². The van der Waals surface area contributed by atoms with Crippen LogP contribution < -0.4 is 10.6 Å². The van der Waals surface area contributed by atoms with Gasteiger partial charge in [0.15, 0.2) is 0 Å². The van der Waals surface area contributed by atoms with Crippen molar-refractivity contribution in [2.45, 2.75) is 39.0 Å². The second-order valence-corrected chi connectivity index (χ2v) is 4.32. The van der Waals surface area contributed by atoms with Gasteiger partial charge in [-0.05, 0) is 25.2 Å². The topological polar surface area (TPSA) is 78.4 Å². The molecule has 0 aromatic rings. The van der Waals surface area contributed by atoms with Gasteiger partial charge in [0.25, 0.3) is 0 Å². The lowest BCUT2D eigenvalue weighted by Crippen LogP contribution is -2.36. The van der Waals surface area contributed by atoms with Gasteiger partial charge in [0.2, 0.25) is 0 Å². The molecule has 2 amide bonds. The summed E-state index contributed by atoms with van der Waals surface area (Å²) < 4.78 is 0. The summed E-state index contributed by atoms with van der Waals surface area (Å²) in [5, 5.41) is 14.0. The van der Waals surface area contributed by atoms with Crippen LogP contribution in [0.15, 0.2) is 0 Å². The van der Waals surface area contributed by atoms with E-state index in [1.165, 1.54) is 0 Å². The third-order valence-corrected chi connectivity index (χ3v) is 2.56. The van der Waals surface area contributed by atoms with Crippen LogP contribution >= 0.6 is 0 Å². The smallest absolute Gasteiger partial charge is 0.314 e. The monoisotopic (exact) mass is 254 g/mol. The van der Waals surface area contributed by atoms with Gasteiger partial charge >= 0.3 is 12.0 Å².